The van der Waals surface area contributed by atoms with Gasteiger partial charge in [-0.05, 0) is 87.1 Å². The van der Waals surface area contributed by atoms with E-state index in [0.29, 0.717) is 0 Å². The van der Waals surface area contributed by atoms with Crippen LogP contribution in [0, 0.1) is 35.0 Å². The summed E-state index contributed by atoms with van der Waals surface area (Å²) in [6, 6.07) is 0. The summed E-state index contributed by atoms with van der Waals surface area (Å²) in [6.45, 7) is 1.29. The minimum atomic E-state index is 0.858. The quantitative estimate of drug-likeness (QED) is 0.731. The van der Waals surface area contributed by atoms with Crippen molar-refractivity contribution in [1.29, 1.82) is 0 Å². The van der Waals surface area contributed by atoms with Gasteiger partial charge in [0.05, 0.1) is 0 Å². The van der Waals surface area contributed by atoms with Gasteiger partial charge in [0.25, 0.3) is 0 Å². The molecule has 0 amide bonds. The highest BCUT2D eigenvalue weighted by atomic mass is 14.9. The fourth-order valence-electron chi connectivity index (χ4n) is 5.94. The molecule has 0 aromatic rings. The Kier molecular flexibility index (Phi) is 1.68. The van der Waals surface area contributed by atoms with Gasteiger partial charge in [-0.3, -0.25) is 0 Å². The van der Waals surface area contributed by atoms with Crippen molar-refractivity contribution in [3.05, 3.63) is 0 Å². The van der Waals surface area contributed by atoms with Gasteiger partial charge in [0.15, 0.2) is 0 Å². The van der Waals surface area contributed by atoms with E-state index in [4.69, 9.17) is 0 Å². The van der Waals surface area contributed by atoms with E-state index in [1.165, 1.54) is 6.54 Å². The molecule has 1 nitrogen and oxygen atoms in total. The Hall–Kier alpha value is -0.0400. The van der Waals surface area contributed by atoms with Crippen LogP contribution in [0.25, 0.3) is 0 Å². The van der Waals surface area contributed by atoms with Gasteiger partial charge in [0.1, 0.15) is 0 Å². The predicted molar refractivity (Wildman–Crippen MR) is 61.5 cm³/mol. The van der Waals surface area contributed by atoms with Gasteiger partial charge in [0, 0.05) is 0 Å². The number of hydrogen-bond donors (Lipinski definition) is 1. The summed E-state index contributed by atoms with van der Waals surface area (Å²) < 4.78 is 0. The number of hydrogen-bond acceptors (Lipinski definition) is 1. The van der Waals surface area contributed by atoms with E-state index < -0.39 is 0 Å². The van der Waals surface area contributed by atoms with E-state index in [1.807, 2.05) is 0 Å². The van der Waals surface area contributed by atoms with Crippen LogP contribution in [0.2, 0.25) is 0 Å². The second-order valence-corrected chi connectivity index (χ2v) is 6.88. The van der Waals surface area contributed by atoms with Crippen LogP contribution in [-0.2, 0) is 0 Å². The van der Waals surface area contributed by atoms with E-state index in [-0.39, 0.29) is 0 Å². The highest BCUT2D eigenvalue weighted by Gasteiger charge is 2.67. The molecule has 0 radical (unpaired) electrons. The van der Waals surface area contributed by atoms with Crippen LogP contribution >= 0.6 is 0 Å². The molecule has 0 aromatic carbocycles. The second kappa shape index (κ2) is 2.80. The minimum Gasteiger partial charge on any atom is -0.319 e. The molecule has 4 bridgehead atoms. The van der Waals surface area contributed by atoms with Crippen molar-refractivity contribution in [3.8, 4) is 0 Å². The summed E-state index contributed by atoms with van der Waals surface area (Å²) in [5.74, 6) is 5.64. The Balaban J connectivity index is 1.62. The summed E-state index contributed by atoms with van der Waals surface area (Å²) in [7, 11) is 2.13. The fraction of sp³-hybridized carbons (Fsp3) is 1.00. The summed E-state index contributed by atoms with van der Waals surface area (Å²) in [6.07, 6.45) is 9.59. The average molecular weight is 205 g/mol. The van der Waals surface area contributed by atoms with Gasteiger partial charge in [0.2, 0.25) is 0 Å². The fourth-order valence-corrected chi connectivity index (χ4v) is 5.94. The van der Waals surface area contributed by atoms with Gasteiger partial charge < -0.3 is 5.32 Å². The molecule has 1 spiro atoms. The average Bonchev–Trinajstić information content (AvgIpc) is 2.90. The normalized spacial score (nSPS) is 60.2. The van der Waals surface area contributed by atoms with Crippen LogP contribution in [0.3, 0.4) is 0 Å². The zero-order valence-electron chi connectivity index (χ0n) is 9.84. The Morgan fingerprint density at radius 3 is 2.13 bits per heavy atom. The molecular formula is C14H23N. The molecule has 5 aliphatic carbocycles. The number of rotatable bonds is 2. The van der Waals surface area contributed by atoms with Crippen LogP contribution in [0.4, 0.5) is 0 Å². The summed E-state index contributed by atoms with van der Waals surface area (Å²) in [5.41, 5.74) is 0.858. The molecule has 1 N–H and O–H groups in total. The topological polar surface area (TPSA) is 12.0 Å². The maximum atomic E-state index is 3.41. The molecule has 0 aromatic heterocycles. The first kappa shape index (κ1) is 9.04. The standard InChI is InChI=1S/C14H23N/c1-15-8-13-7-14(13)11-3-9-2-10(5-11)6-12(14)4-9/h9-13,15H,2-8H2,1H3/t9?,10?,11?,12?,13-,14?/m0/s1. The Labute approximate surface area is 93.0 Å². The molecule has 5 aliphatic rings. The molecule has 0 saturated heterocycles. The first-order valence-electron chi connectivity index (χ1n) is 6.97. The smallest absolute Gasteiger partial charge is 0.00178 e. The van der Waals surface area contributed by atoms with Crippen LogP contribution in [0.15, 0.2) is 0 Å². The Morgan fingerprint density at radius 2 is 1.60 bits per heavy atom. The summed E-state index contributed by atoms with van der Waals surface area (Å²) in [4.78, 5) is 0. The molecule has 5 rings (SSSR count). The largest absolute Gasteiger partial charge is 0.319 e. The third-order valence-corrected chi connectivity index (χ3v) is 6.31. The maximum absolute atomic E-state index is 3.41. The third kappa shape index (κ3) is 1.03. The van der Waals surface area contributed by atoms with Crippen LogP contribution < -0.4 is 5.32 Å². The van der Waals surface area contributed by atoms with Gasteiger partial charge >= 0.3 is 0 Å². The number of nitrogens with one attached hydrogen (secondary N) is 1. The summed E-state index contributed by atoms with van der Waals surface area (Å²) in [5, 5.41) is 3.41. The van der Waals surface area contributed by atoms with Crippen molar-refractivity contribution < 1.29 is 0 Å². The SMILES string of the molecule is CNC[C@@H]1CC12C1CC3CC(C1)CC2C3. The highest BCUT2D eigenvalue weighted by molar-refractivity contribution is 5.17. The van der Waals surface area contributed by atoms with E-state index in [1.54, 1.807) is 38.5 Å². The molecule has 5 fully saturated rings. The van der Waals surface area contributed by atoms with Crippen molar-refractivity contribution in [2.45, 2.75) is 38.5 Å². The molecule has 0 heterocycles. The lowest BCUT2D eigenvalue weighted by Gasteiger charge is -2.56. The Bertz CT molecular complexity index is 255. The van der Waals surface area contributed by atoms with Crippen LogP contribution in [-0.4, -0.2) is 13.6 Å². The molecule has 0 unspecified atom stereocenters. The van der Waals surface area contributed by atoms with Gasteiger partial charge in [-0.2, -0.15) is 0 Å². The highest BCUT2D eigenvalue weighted by Crippen LogP contribution is 2.74. The molecule has 5 saturated carbocycles. The van der Waals surface area contributed by atoms with E-state index >= 15 is 0 Å². The minimum absolute atomic E-state index is 0.858. The summed E-state index contributed by atoms with van der Waals surface area (Å²) >= 11 is 0. The third-order valence-electron chi connectivity index (χ3n) is 6.31. The maximum Gasteiger partial charge on any atom is -0.00178 e. The molecule has 84 valence electrons. The van der Waals surface area contributed by atoms with Crippen LogP contribution in [0.1, 0.15) is 38.5 Å². The van der Waals surface area contributed by atoms with Crippen LogP contribution in [0.5, 0.6) is 0 Å². The lowest BCUT2D eigenvalue weighted by Crippen LogP contribution is -2.47. The van der Waals surface area contributed by atoms with E-state index in [0.717, 1.165) is 35.0 Å². The molecule has 1 atom stereocenters. The van der Waals surface area contributed by atoms with Gasteiger partial charge in [-0.1, -0.05) is 0 Å². The van der Waals surface area contributed by atoms with Crippen molar-refractivity contribution in [2.24, 2.45) is 35.0 Å². The lowest BCUT2D eigenvalue weighted by atomic mass is 9.49. The monoisotopic (exact) mass is 205 g/mol. The molecule has 0 aliphatic heterocycles. The van der Waals surface area contributed by atoms with E-state index in [9.17, 15) is 0 Å². The zero-order chi connectivity index (χ0) is 10.0. The lowest BCUT2D eigenvalue weighted by molar-refractivity contribution is -0.0597. The predicted octanol–water partition coefficient (Wildman–Crippen LogP) is 2.67. The van der Waals surface area contributed by atoms with Gasteiger partial charge in [-0.25, -0.2) is 0 Å². The van der Waals surface area contributed by atoms with Crippen molar-refractivity contribution in [3.63, 3.8) is 0 Å². The second-order valence-electron chi connectivity index (χ2n) is 6.88. The van der Waals surface area contributed by atoms with Crippen molar-refractivity contribution in [2.75, 3.05) is 13.6 Å². The van der Waals surface area contributed by atoms with Crippen molar-refractivity contribution in [1.82, 2.24) is 5.32 Å². The molecule has 15 heavy (non-hydrogen) atoms. The first-order chi connectivity index (χ1) is 7.33. The first-order valence-corrected chi connectivity index (χ1v) is 6.97. The molecular weight excluding hydrogens is 182 g/mol. The van der Waals surface area contributed by atoms with Crippen molar-refractivity contribution >= 4 is 0 Å². The van der Waals surface area contributed by atoms with E-state index in [2.05, 4.69) is 12.4 Å². The Morgan fingerprint density at radius 1 is 1.00 bits per heavy atom. The zero-order valence-corrected chi connectivity index (χ0v) is 9.84. The van der Waals surface area contributed by atoms with Gasteiger partial charge in [-0.15, -0.1) is 0 Å². The molecule has 1 heteroatoms.